The highest BCUT2D eigenvalue weighted by atomic mass is 79.9. The summed E-state index contributed by atoms with van der Waals surface area (Å²) >= 11 is 9.22. The average Bonchev–Trinajstić information content (AvgIpc) is 2.94. The van der Waals surface area contributed by atoms with E-state index < -0.39 is 21.9 Å². The van der Waals surface area contributed by atoms with Crippen LogP contribution in [-0.2, 0) is 14.8 Å². The molecule has 4 aromatic rings. The first-order valence-corrected chi connectivity index (χ1v) is 14.3. The number of esters is 1. The number of rotatable bonds is 9. The largest absolute Gasteiger partial charge is 0.423 e. The van der Waals surface area contributed by atoms with Crippen LogP contribution in [-0.4, -0.2) is 26.5 Å². The van der Waals surface area contributed by atoms with Crippen molar-refractivity contribution in [2.75, 3.05) is 4.72 Å². The number of halogens is 2. The highest BCUT2D eigenvalue weighted by Crippen LogP contribution is 2.23. The molecule has 0 heterocycles. The number of benzene rings is 4. The fourth-order valence-electron chi connectivity index (χ4n) is 3.39. The number of para-hydroxylation sites is 1. The van der Waals surface area contributed by atoms with Crippen molar-refractivity contribution in [3.05, 3.63) is 129 Å². The van der Waals surface area contributed by atoms with Crippen LogP contribution in [0.2, 0.25) is 5.02 Å². The van der Waals surface area contributed by atoms with Crippen LogP contribution in [0.4, 0.5) is 5.69 Å². The lowest BCUT2D eigenvalue weighted by atomic mass is 10.2. The van der Waals surface area contributed by atoms with Crippen LogP contribution in [0.25, 0.3) is 6.08 Å². The van der Waals surface area contributed by atoms with Gasteiger partial charge in [0, 0.05) is 21.1 Å². The fraction of sp³-hybridized carbons (Fsp3) is 0. The van der Waals surface area contributed by atoms with E-state index >= 15 is 0 Å². The second-order valence-electron chi connectivity index (χ2n) is 8.15. The lowest BCUT2D eigenvalue weighted by Gasteiger charge is -2.12. The van der Waals surface area contributed by atoms with Gasteiger partial charge in [-0.15, -0.1) is 0 Å². The number of carbonyl (C=O) groups is 2. The number of sulfonamides is 1. The van der Waals surface area contributed by atoms with Crippen molar-refractivity contribution in [3.63, 3.8) is 0 Å². The molecule has 0 atom stereocenters. The molecule has 4 aromatic carbocycles. The Hall–Kier alpha value is -4.25. The Labute approximate surface area is 244 Å². The maximum Gasteiger partial charge on any atom is 0.336 e. The number of amides is 1. The Balaban J connectivity index is 1.46. The Kier molecular flexibility index (Phi) is 9.49. The summed E-state index contributed by atoms with van der Waals surface area (Å²) in [7, 11) is -3.98. The molecule has 0 aliphatic carbocycles. The van der Waals surface area contributed by atoms with Gasteiger partial charge in [0.15, 0.2) is 0 Å². The molecule has 0 bridgehead atoms. The van der Waals surface area contributed by atoms with E-state index in [1.165, 1.54) is 48.7 Å². The molecular weight excluding hydrogens is 618 g/mol. The fourth-order valence-corrected chi connectivity index (χ4v) is 4.98. The summed E-state index contributed by atoms with van der Waals surface area (Å²) in [6.07, 6.45) is 4.25. The molecule has 1 amide bonds. The van der Waals surface area contributed by atoms with Gasteiger partial charge in [0.25, 0.3) is 15.9 Å². The zero-order valence-electron chi connectivity index (χ0n) is 20.6. The maximum atomic E-state index is 12.9. The van der Waals surface area contributed by atoms with Gasteiger partial charge in [0.1, 0.15) is 5.75 Å². The summed E-state index contributed by atoms with van der Waals surface area (Å²) in [5, 5.41) is 4.37. The molecule has 0 spiro atoms. The number of nitrogens with one attached hydrogen (secondary N) is 2. The molecule has 40 heavy (non-hydrogen) atoms. The number of hydrogen-bond acceptors (Lipinski definition) is 6. The molecule has 8 nitrogen and oxygen atoms in total. The van der Waals surface area contributed by atoms with Gasteiger partial charge in [-0.1, -0.05) is 70.0 Å². The predicted octanol–water partition coefficient (Wildman–Crippen LogP) is 6.29. The summed E-state index contributed by atoms with van der Waals surface area (Å²) in [6.45, 7) is 0. The number of ether oxygens (including phenoxy) is 1. The molecule has 0 radical (unpaired) electrons. The van der Waals surface area contributed by atoms with E-state index in [0.717, 1.165) is 5.56 Å². The summed E-state index contributed by atoms with van der Waals surface area (Å²) < 4.78 is 34.2. The first-order valence-electron chi connectivity index (χ1n) is 11.7. The zero-order valence-corrected chi connectivity index (χ0v) is 23.8. The van der Waals surface area contributed by atoms with Crippen LogP contribution < -0.4 is 14.9 Å². The van der Waals surface area contributed by atoms with Gasteiger partial charge in [-0.2, -0.15) is 5.10 Å². The van der Waals surface area contributed by atoms with Crippen molar-refractivity contribution in [2.24, 2.45) is 5.10 Å². The Morgan fingerprint density at radius 2 is 1.60 bits per heavy atom. The number of hydrazone groups is 1. The van der Waals surface area contributed by atoms with E-state index in [0.29, 0.717) is 15.1 Å². The van der Waals surface area contributed by atoms with E-state index in [2.05, 4.69) is 31.2 Å². The van der Waals surface area contributed by atoms with Gasteiger partial charge in [-0.3, -0.25) is 9.52 Å². The van der Waals surface area contributed by atoms with E-state index in [1.807, 2.05) is 30.3 Å². The van der Waals surface area contributed by atoms with Gasteiger partial charge in [0.05, 0.1) is 22.4 Å². The van der Waals surface area contributed by atoms with Gasteiger partial charge >= 0.3 is 5.97 Å². The second kappa shape index (κ2) is 13.2. The van der Waals surface area contributed by atoms with Crippen molar-refractivity contribution in [1.82, 2.24) is 5.43 Å². The molecule has 2 N–H and O–H groups in total. The summed E-state index contributed by atoms with van der Waals surface area (Å²) in [5.41, 5.74) is 3.74. The van der Waals surface area contributed by atoms with E-state index in [4.69, 9.17) is 16.3 Å². The molecule has 0 aliphatic heterocycles. The Morgan fingerprint density at radius 1 is 0.900 bits per heavy atom. The number of anilines is 1. The first kappa shape index (κ1) is 28.8. The third-order valence-corrected chi connectivity index (χ3v) is 7.43. The van der Waals surface area contributed by atoms with Crippen molar-refractivity contribution in [2.45, 2.75) is 4.90 Å². The quantitative estimate of drug-likeness (QED) is 0.0736. The Bertz CT molecular complexity index is 1690. The molecule has 11 heteroatoms. The molecule has 4 rings (SSSR count). The number of nitrogens with zero attached hydrogens (tertiary/aromatic N) is 1. The Morgan fingerprint density at radius 3 is 2.35 bits per heavy atom. The highest BCUT2D eigenvalue weighted by Gasteiger charge is 2.18. The van der Waals surface area contributed by atoms with Crippen LogP contribution in [0.15, 0.2) is 118 Å². The summed E-state index contributed by atoms with van der Waals surface area (Å²) in [4.78, 5) is 25.2. The van der Waals surface area contributed by atoms with Crippen molar-refractivity contribution in [3.8, 4) is 5.75 Å². The van der Waals surface area contributed by atoms with Gasteiger partial charge < -0.3 is 4.74 Å². The normalized spacial score (nSPS) is 11.4. The minimum Gasteiger partial charge on any atom is -0.423 e. The number of hydrogen-bond donors (Lipinski definition) is 2. The van der Waals surface area contributed by atoms with Crippen molar-refractivity contribution >= 4 is 67.4 Å². The average molecular weight is 639 g/mol. The summed E-state index contributed by atoms with van der Waals surface area (Å²) in [6, 6.07) is 26.0. The molecule has 0 fully saturated rings. The highest BCUT2D eigenvalue weighted by molar-refractivity contribution is 9.10. The molecule has 0 saturated heterocycles. The maximum absolute atomic E-state index is 12.9. The summed E-state index contributed by atoms with van der Waals surface area (Å²) in [5.74, 6) is -1.03. The van der Waals surface area contributed by atoms with Crippen LogP contribution in [0.5, 0.6) is 5.75 Å². The lowest BCUT2D eigenvalue weighted by Crippen LogP contribution is -2.21. The van der Waals surface area contributed by atoms with Crippen molar-refractivity contribution in [1.29, 1.82) is 0 Å². The lowest BCUT2D eigenvalue weighted by molar-refractivity contribution is -0.128. The minimum atomic E-state index is -3.98. The van der Waals surface area contributed by atoms with Crippen LogP contribution in [0, 0.1) is 0 Å². The number of carbonyl (C=O) groups excluding carboxylic acids is 2. The minimum absolute atomic E-state index is 0.0134. The second-order valence-corrected chi connectivity index (χ2v) is 11.2. The van der Waals surface area contributed by atoms with E-state index in [1.54, 1.807) is 36.4 Å². The van der Waals surface area contributed by atoms with Crippen LogP contribution >= 0.6 is 27.5 Å². The predicted molar refractivity (Wildman–Crippen MR) is 159 cm³/mol. The molecule has 202 valence electrons. The topological polar surface area (TPSA) is 114 Å². The van der Waals surface area contributed by atoms with Gasteiger partial charge in [-0.05, 0) is 66.2 Å². The molecule has 0 aromatic heterocycles. The van der Waals surface area contributed by atoms with E-state index in [9.17, 15) is 18.0 Å². The molecule has 0 unspecified atom stereocenters. The van der Waals surface area contributed by atoms with Crippen LogP contribution in [0.3, 0.4) is 0 Å². The van der Waals surface area contributed by atoms with Crippen molar-refractivity contribution < 1.29 is 22.7 Å². The van der Waals surface area contributed by atoms with E-state index in [-0.39, 0.29) is 21.9 Å². The SMILES string of the molecule is O=C(/C=C/c1ccccc1)Oc1ccc(Br)cc1/C=N\NC(=O)c1ccccc1NS(=O)(=O)c1ccc(Cl)cc1. The molecule has 0 saturated carbocycles. The first-order chi connectivity index (χ1) is 19.2. The standard InChI is InChI=1S/C29H21BrClN3O5S/c30-22-11-16-27(39-28(35)17-10-20-6-2-1-3-7-20)21(18-22)19-32-33-29(36)25-8-4-5-9-26(25)34-40(37,38)24-14-12-23(31)13-15-24/h1-19,34H,(H,33,36)/b17-10+,32-19-. The van der Waals surface area contributed by atoms with Crippen LogP contribution in [0.1, 0.15) is 21.5 Å². The van der Waals surface area contributed by atoms with Gasteiger partial charge in [-0.25, -0.2) is 18.6 Å². The van der Waals surface area contributed by atoms with Gasteiger partial charge in [0.2, 0.25) is 0 Å². The third kappa shape index (κ3) is 7.89. The molecule has 0 aliphatic rings. The zero-order chi connectivity index (χ0) is 28.5. The molecular formula is C29H21BrClN3O5S. The monoisotopic (exact) mass is 637 g/mol. The smallest absolute Gasteiger partial charge is 0.336 e. The third-order valence-electron chi connectivity index (χ3n) is 5.30.